The number of carbonyl (C=O) groups is 1. The summed E-state index contributed by atoms with van der Waals surface area (Å²) < 4.78 is 0. The van der Waals surface area contributed by atoms with Crippen LogP contribution in [-0.4, -0.2) is 28.5 Å². The fourth-order valence-corrected chi connectivity index (χ4v) is 2.67. The molecule has 0 fully saturated rings. The summed E-state index contributed by atoms with van der Waals surface area (Å²) in [7, 11) is 0. The van der Waals surface area contributed by atoms with Gasteiger partial charge in [-0.15, -0.1) is 0 Å². The Morgan fingerprint density at radius 3 is 2.54 bits per heavy atom. The van der Waals surface area contributed by atoms with Gasteiger partial charge in [0.1, 0.15) is 5.82 Å². The van der Waals surface area contributed by atoms with Crippen molar-refractivity contribution in [1.29, 1.82) is 0 Å². The molecule has 3 rings (SSSR count). The Morgan fingerprint density at radius 1 is 1.04 bits per heavy atom. The number of anilines is 1. The molecule has 0 saturated carbocycles. The Hall–Kier alpha value is -2.95. The number of nitrogens with one attached hydrogen (secondary N) is 2. The molecule has 26 heavy (non-hydrogen) atoms. The molecular weight excluding hydrogens is 324 g/mol. The van der Waals surface area contributed by atoms with E-state index in [0.717, 1.165) is 28.7 Å². The molecule has 1 amide bonds. The van der Waals surface area contributed by atoms with Crippen LogP contribution in [0, 0.1) is 0 Å². The summed E-state index contributed by atoms with van der Waals surface area (Å²) in [5.74, 6) is 1.48. The minimum Gasteiger partial charge on any atom is -0.369 e. The minimum atomic E-state index is 0.0495. The van der Waals surface area contributed by atoms with Crippen molar-refractivity contribution in [2.45, 2.75) is 32.7 Å². The second kappa shape index (κ2) is 8.43. The molecule has 5 heteroatoms. The number of rotatable bonds is 7. The first-order chi connectivity index (χ1) is 12.7. The van der Waals surface area contributed by atoms with Crippen molar-refractivity contribution in [3.8, 4) is 11.4 Å². The van der Waals surface area contributed by atoms with Crippen molar-refractivity contribution >= 4 is 22.6 Å². The van der Waals surface area contributed by atoms with Gasteiger partial charge in [-0.2, -0.15) is 0 Å². The molecule has 0 radical (unpaired) electrons. The van der Waals surface area contributed by atoms with Gasteiger partial charge < -0.3 is 10.6 Å². The number of benzene rings is 2. The van der Waals surface area contributed by atoms with Crippen molar-refractivity contribution in [3.05, 3.63) is 54.6 Å². The van der Waals surface area contributed by atoms with E-state index in [2.05, 4.69) is 22.5 Å². The molecule has 1 atom stereocenters. The van der Waals surface area contributed by atoms with Gasteiger partial charge in [-0.05, 0) is 25.5 Å². The summed E-state index contributed by atoms with van der Waals surface area (Å²) >= 11 is 0. The number of hydrogen-bond donors (Lipinski definition) is 2. The number of para-hydroxylation sites is 1. The minimum absolute atomic E-state index is 0.0495. The molecule has 0 spiro atoms. The van der Waals surface area contributed by atoms with E-state index in [1.165, 1.54) is 0 Å². The number of amides is 1. The van der Waals surface area contributed by atoms with Gasteiger partial charge in [0.25, 0.3) is 0 Å². The lowest BCUT2D eigenvalue weighted by Gasteiger charge is -2.13. The summed E-state index contributed by atoms with van der Waals surface area (Å²) in [5, 5.41) is 7.24. The summed E-state index contributed by atoms with van der Waals surface area (Å²) in [6.07, 6.45) is 1.33. The van der Waals surface area contributed by atoms with Crippen LogP contribution in [0.5, 0.6) is 0 Å². The van der Waals surface area contributed by atoms with Crippen LogP contribution in [0.15, 0.2) is 54.6 Å². The highest BCUT2D eigenvalue weighted by atomic mass is 16.1. The molecule has 1 aromatic heterocycles. The van der Waals surface area contributed by atoms with E-state index in [0.29, 0.717) is 18.8 Å². The van der Waals surface area contributed by atoms with E-state index >= 15 is 0 Å². The van der Waals surface area contributed by atoms with Gasteiger partial charge in [0, 0.05) is 30.0 Å². The van der Waals surface area contributed by atoms with Crippen LogP contribution < -0.4 is 10.6 Å². The van der Waals surface area contributed by atoms with E-state index < -0.39 is 0 Å². The highest BCUT2D eigenvalue weighted by Gasteiger charge is 2.10. The van der Waals surface area contributed by atoms with Crippen molar-refractivity contribution in [1.82, 2.24) is 15.3 Å². The highest BCUT2D eigenvalue weighted by molar-refractivity contribution is 5.90. The van der Waals surface area contributed by atoms with Gasteiger partial charge >= 0.3 is 0 Å². The fraction of sp³-hybridized carbons (Fsp3) is 0.286. The first-order valence-corrected chi connectivity index (χ1v) is 9.03. The third kappa shape index (κ3) is 4.36. The lowest BCUT2D eigenvalue weighted by Crippen LogP contribution is -2.33. The van der Waals surface area contributed by atoms with Gasteiger partial charge in [-0.3, -0.25) is 4.79 Å². The highest BCUT2D eigenvalue weighted by Crippen LogP contribution is 2.24. The molecule has 1 heterocycles. The number of nitrogens with zero attached hydrogens (tertiary/aromatic N) is 2. The summed E-state index contributed by atoms with van der Waals surface area (Å²) in [6.45, 7) is 4.59. The number of aromatic nitrogens is 2. The van der Waals surface area contributed by atoms with Crippen LogP contribution in [0.2, 0.25) is 0 Å². The Kier molecular flexibility index (Phi) is 5.79. The lowest BCUT2D eigenvalue weighted by molar-refractivity contribution is -0.121. The Labute approximate surface area is 153 Å². The molecule has 0 aliphatic heterocycles. The standard InChI is InChI=1S/C21H24N4O/c1-3-15(2)23-19(26)13-14-22-21-17-11-7-8-12-18(17)24-20(25-21)16-9-5-4-6-10-16/h4-12,15H,3,13-14H2,1-2H3,(H,23,26)(H,22,24,25)/t15-/m0/s1. The molecule has 5 nitrogen and oxygen atoms in total. The van der Waals surface area contributed by atoms with Crippen LogP contribution in [0.3, 0.4) is 0 Å². The molecule has 134 valence electrons. The van der Waals surface area contributed by atoms with Gasteiger partial charge in [0.2, 0.25) is 5.91 Å². The number of carbonyl (C=O) groups excluding carboxylic acids is 1. The summed E-state index contributed by atoms with van der Waals surface area (Å²) in [5.41, 5.74) is 1.85. The molecule has 2 aromatic carbocycles. The first-order valence-electron chi connectivity index (χ1n) is 9.03. The maximum absolute atomic E-state index is 12.0. The van der Waals surface area contributed by atoms with Crippen LogP contribution in [-0.2, 0) is 4.79 Å². The monoisotopic (exact) mass is 348 g/mol. The zero-order valence-corrected chi connectivity index (χ0v) is 15.2. The van der Waals surface area contributed by atoms with E-state index in [9.17, 15) is 4.79 Å². The second-order valence-electron chi connectivity index (χ2n) is 6.33. The van der Waals surface area contributed by atoms with E-state index in [4.69, 9.17) is 4.98 Å². The largest absolute Gasteiger partial charge is 0.369 e. The Morgan fingerprint density at radius 2 is 1.77 bits per heavy atom. The molecule has 0 unspecified atom stereocenters. The van der Waals surface area contributed by atoms with E-state index in [1.54, 1.807) is 0 Å². The smallest absolute Gasteiger partial charge is 0.221 e. The molecule has 0 aliphatic rings. The van der Waals surface area contributed by atoms with Crippen molar-refractivity contribution in [3.63, 3.8) is 0 Å². The molecule has 2 N–H and O–H groups in total. The van der Waals surface area contributed by atoms with Crippen molar-refractivity contribution < 1.29 is 4.79 Å². The topological polar surface area (TPSA) is 66.9 Å². The summed E-state index contributed by atoms with van der Waals surface area (Å²) in [6, 6.07) is 18.0. The van der Waals surface area contributed by atoms with E-state index in [-0.39, 0.29) is 11.9 Å². The predicted molar refractivity (Wildman–Crippen MR) is 106 cm³/mol. The summed E-state index contributed by atoms with van der Waals surface area (Å²) in [4.78, 5) is 21.3. The average molecular weight is 348 g/mol. The lowest BCUT2D eigenvalue weighted by atomic mass is 10.2. The molecule has 0 bridgehead atoms. The van der Waals surface area contributed by atoms with Crippen LogP contribution in [0.25, 0.3) is 22.3 Å². The normalized spacial score (nSPS) is 11.9. The quantitative estimate of drug-likeness (QED) is 0.677. The zero-order chi connectivity index (χ0) is 18.4. The van der Waals surface area contributed by atoms with Gasteiger partial charge in [0.05, 0.1) is 5.52 Å². The zero-order valence-electron chi connectivity index (χ0n) is 15.2. The fourth-order valence-electron chi connectivity index (χ4n) is 2.67. The maximum Gasteiger partial charge on any atom is 0.221 e. The van der Waals surface area contributed by atoms with Crippen LogP contribution in [0.1, 0.15) is 26.7 Å². The number of hydrogen-bond acceptors (Lipinski definition) is 4. The Bertz CT molecular complexity index is 880. The van der Waals surface area contributed by atoms with Gasteiger partial charge in [-0.1, -0.05) is 49.4 Å². The van der Waals surface area contributed by atoms with Crippen LogP contribution >= 0.6 is 0 Å². The Balaban J connectivity index is 1.79. The van der Waals surface area contributed by atoms with E-state index in [1.807, 2.05) is 61.5 Å². The third-order valence-corrected chi connectivity index (χ3v) is 4.30. The first kappa shape index (κ1) is 17.9. The second-order valence-corrected chi connectivity index (χ2v) is 6.33. The molecule has 0 saturated heterocycles. The average Bonchev–Trinajstić information content (AvgIpc) is 2.68. The predicted octanol–water partition coefficient (Wildman–Crippen LogP) is 4.01. The number of fused-ring (bicyclic) bond motifs is 1. The van der Waals surface area contributed by atoms with Crippen molar-refractivity contribution in [2.75, 3.05) is 11.9 Å². The molecule has 0 aliphatic carbocycles. The van der Waals surface area contributed by atoms with Gasteiger partial charge in [-0.25, -0.2) is 9.97 Å². The van der Waals surface area contributed by atoms with Gasteiger partial charge in [0.15, 0.2) is 5.82 Å². The maximum atomic E-state index is 12.0. The molecular formula is C21H24N4O. The van der Waals surface area contributed by atoms with Crippen molar-refractivity contribution in [2.24, 2.45) is 0 Å². The SMILES string of the molecule is CC[C@H](C)NC(=O)CCNc1nc(-c2ccccc2)nc2ccccc12. The molecule has 3 aromatic rings. The third-order valence-electron chi connectivity index (χ3n) is 4.30. The van der Waals surface area contributed by atoms with Crippen LogP contribution in [0.4, 0.5) is 5.82 Å².